The zero-order chi connectivity index (χ0) is 14.4. The monoisotopic (exact) mass is 270 g/mol. The minimum atomic E-state index is 0.707. The van der Waals surface area contributed by atoms with Gasteiger partial charge in [0, 0.05) is 14.1 Å². The van der Waals surface area contributed by atoms with Crippen LogP contribution in [0.4, 0.5) is 0 Å². The third-order valence-electron chi connectivity index (χ3n) is 2.70. The molecule has 0 saturated heterocycles. The molecule has 0 N–H and O–H groups in total. The van der Waals surface area contributed by atoms with Crippen molar-refractivity contribution in [3.8, 4) is 11.5 Å². The molecule has 0 radical (unpaired) electrons. The van der Waals surface area contributed by atoms with Gasteiger partial charge in [0.15, 0.2) is 5.84 Å². The fourth-order valence-corrected chi connectivity index (χ4v) is 1.81. The molecule has 0 aliphatic carbocycles. The van der Waals surface area contributed by atoms with Crippen molar-refractivity contribution in [3.05, 3.63) is 60.2 Å². The minimum absolute atomic E-state index is 0.707. The second-order valence-electron chi connectivity index (χ2n) is 4.40. The molecule has 0 fully saturated rings. The van der Waals surface area contributed by atoms with Gasteiger partial charge in [-0.05, 0) is 24.3 Å². The Hall–Kier alpha value is -2.49. The molecule has 4 nitrogen and oxygen atoms in total. The summed E-state index contributed by atoms with van der Waals surface area (Å²) in [5.74, 6) is 2.23. The van der Waals surface area contributed by atoms with Gasteiger partial charge < -0.3 is 14.5 Å². The maximum absolute atomic E-state index is 5.92. The first-order valence-electron chi connectivity index (χ1n) is 6.33. The average Bonchev–Trinajstić information content (AvgIpc) is 2.46. The maximum atomic E-state index is 5.92. The Bertz CT molecular complexity index is 580. The van der Waals surface area contributed by atoms with Crippen LogP contribution in [0.1, 0.15) is 5.56 Å². The molecule has 0 atom stereocenters. The van der Waals surface area contributed by atoms with Crippen LogP contribution in [0.15, 0.2) is 59.8 Å². The lowest BCUT2D eigenvalue weighted by molar-refractivity contribution is 0.208. The summed E-state index contributed by atoms with van der Waals surface area (Å²) in [7, 11) is 5.36. The number of hydrogen-bond donors (Lipinski definition) is 0. The van der Waals surface area contributed by atoms with Crippen molar-refractivity contribution >= 4 is 5.84 Å². The summed E-state index contributed by atoms with van der Waals surface area (Å²) < 4.78 is 5.92. The van der Waals surface area contributed by atoms with Crippen LogP contribution in [-0.4, -0.2) is 31.9 Å². The molecule has 4 heteroatoms. The molecule has 0 aliphatic rings. The summed E-state index contributed by atoms with van der Waals surface area (Å²) in [6, 6.07) is 17.4. The van der Waals surface area contributed by atoms with Crippen LogP contribution in [-0.2, 0) is 4.84 Å². The molecule has 2 aromatic carbocycles. The van der Waals surface area contributed by atoms with Gasteiger partial charge in [0.05, 0.1) is 5.56 Å². The fraction of sp³-hybridized carbons (Fsp3) is 0.188. The zero-order valence-electron chi connectivity index (χ0n) is 11.9. The molecule has 0 bridgehead atoms. The Morgan fingerprint density at radius 2 is 1.60 bits per heavy atom. The van der Waals surface area contributed by atoms with E-state index < -0.39 is 0 Å². The number of benzene rings is 2. The van der Waals surface area contributed by atoms with E-state index >= 15 is 0 Å². The van der Waals surface area contributed by atoms with Gasteiger partial charge in [0.2, 0.25) is 0 Å². The topological polar surface area (TPSA) is 34.1 Å². The molecule has 0 amide bonds. The third-order valence-corrected chi connectivity index (χ3v) is 2.70. The molecular weight excluding hydrogens is 252 g/mol. The van der Waals surface area contributed by atoms with Gasteiger partial charge in [-0.2, -0.15) is 0 Å². The Morgan fingerprint density at radius 3 is 2.25 bits per heavy atom. The van der Waals surface area contributed by atoms with Crippen LogP contribution in [0.5, 0.6) is 11.5 Å². The number of amidine groups is 1. The second kappa shape index (κ2) is 6.61. The van der Waals surface area contributed by atoms with Crippen LogP contribution in [0.3, 0.4) is 0 Å². The van der Waals surface area contributed by atoms with E-state index in [1.807, 2.05) is 73.6 Å². The van der Waals surface area contributed by atoms with Crippen molar-refractivity contribution in [1.82, 2.24) is 4.90 Å². The maximum Gasteiger partial charge on any atom is 0.178 e. The lowest BCUT2D eigenvalue weighted by Gasteiger charge is -2.18. The number of rotatable bonds is 4. The van der Waals surface area contributed by atoms with Crippen LogP contribution in [0.25, 0.3) is 0 Å². The SMILES string of the molecule is CO/N=C(/c1ccccc1Oc1ccccc1)N(C)C. The van der Waals surface area contributed by atoms with E-state index in [0.717, 1.165) is 17.1 Å². The van der Waals surface area contributed by atoms with Crippen molar-refractivity contribution in [3.63, 3.8) is 0 Å². The van der Waals surface area contributed by atoms with Crippen LogP contribution >= 0.6 is 0 Å². The summed E-state index contributed by atoms with van der Waals surface area (Å²) in [6.45, 7) is 0. The minimum Gasteiger partial charge on any atom is -0.457 e. The fourth-order valence-electron chi connectivity index (χ4n) is 1.81. The highest BCUT2D eigenvalue weighted by molar-refractivity contribution is 6.00. The molecule has 0 aromatic heterocycles. The molecule has 0 spiro atoms. The second-order valence-corrected chi connectivity index (χ2v) is 4.40. The number of ether oxygens (including phenoxy) is 1. The molecule has 104 valence electrons. The van der Waals surface area contributed by atoms with Gasteiger partial charge in [-0.3, -0.25) is 0 Å². The van der Waals surface area contributed by atoms with Crippen molar-refractivity contribution in [2.45, 2.75) is 0 Å². The van der Waals surface area contributed by atoms with E-state index in [2.05, 4.69) is 5.16 Å². The number of nitrogens with zero attached hydrogens (tertiary/aromatic N) is 2. The summed E-state index contributed by atoms with van der Waals surface area (Å²) in [5, 5.41) is 4.06. The van der Waals surface area contributed by atoms with Crippen LogP contribution in [0, 0.1) is 0 Å². The Kier molecular flexibility index (Phi) is 4.60. The van der Waals surface area contributed by atoms with Gasteiger partial charge in [-0.25, -0.2) is 0 Å². The summed E-state index contributed by atoms with van der Waals surface area (Å²) in [6.07, 6.45) is 0. The highest BCUT2D eigenvalue weighted by Crippen LogP contribution is 2.26. The lowest BCUT2D eigenvalue weighted by Crippen LogP contribution is -2.23. The zero-order valence-corrected chi connectivity index (χ0v) is 11.9. The molecule has 0 aliphatic heterocycles. The van der Waals surface area contributed by atoms with E-state index in [4.69, 9.17) is 9.57 Å². The van der Waals surface area contributed by atoms with Crippen LogP contribution in [0.2, 0.25) is 0 Å². The van der Waals surface area contributed by atoms with E-state index in [1.165, 1.54) is 7.11 Å². The largest absolute Gasteiger partial charge is 0.457 e. The van der Waals surface area contributed by atoms with Gasteiger partial charge in [0.1, 0.15) is 18.6 Å². The molecule has 0 heterocycles. The molecule has 2 rings (SSSR count). The average molecular weight is 270 g/mol. The van der Waals surface area contributed by atoms with Gasteiger partial charge in [-0.1, -0.05) is 35.5 Å². The lowest BCUT2D eigenvalue weighted by atomic mass is 10.1. The first-order valence-corrected chi connectivity index (χ1v) is 6.33. The van der Waals surface area contributed by atoms with Gasteiger partial charge in [0.25, 0.3) is 0 Å². The first kappa shape index (κ1) is 13.9. The van der Waals surface area contributed by atoms with E-state index in [1.54, 1.807) is 0 Å². The Balaban J connectivity index is 2.37. The standard InChI is InChI=1S/C16H18N2O2/c1-18(2)16(17-19-3)14-11-7-8-12-15(14)20-13-9-5-4-6-10-13/h4-12H,1-3H3/b17-16-. The molecule has 20 heavy (non-hydrogen) atoms. The highest BCUT2D eigenvalue weighted by Gasteiger charge is 2.13. The number of hydrogen-bond acceptors (Lipinski definition) is 3. The third kappa shape index (κ3) is 3.29. The van der Waals surface area contributed by atoms with Crippen LogP contribution < -0.4 is 4.74 Å². The summed E-state index contributed by atoms with van der Waals surface area (Å²) in [5.41, 5.74) is 0.878. The summed E-state index contributed by atoms with van der Waals surface area (Å²) in [4.78, 5) is 6.80. The Labute approximate surface area is 119 Å². The van der Waals surface area contributed by atoms with Crippen molar-refractivity contribution in [2.75, 3.05) is 21.2 Å². The molecule has 0 unspecified atom stereocenters. The number of para-hydroxylation sites is 2. The van der Waals surface area contributed by atoms with Crippen molar-refractivity contribution in [2.24, 2.45) is 5.16 Å². The molecular formula is C16H18N2O2. The molecule has 0 saturated carbocycles. The quantitative estimate of drug-likeness (QED) is 0.485. The predicted octanol–water partition coefficient (Wildman–Crippen LogP) is 3.35. The Morgan fingerprint density at radius 1 is 0.950 bits per heavy atom. The van der Waals surface area contributed by atoms with E-state index in [0.29, 0.717) is 5.84 Å². The van der Waals surface area contributed by atoms with E-state index in [9.17, 15) is 0 Å². The number of oxime groups is 1. The molecule has 2 aromatic rings. The predicted molar refractivity (Wildman–Crippen MR) is 80.2 cm³/mol. The highest BCUT2D eigenvalue weighted by atomic mass is 16.6. The first-order chi connectivity index (χ1) is 9.72. The van der Waals surface area contributed by atoms with Crippen molar-refractivity contribution in [1.29, 1.82) is 0 Å². The smallest absolute Gasteiger partial charge is 0.178 e. The van der Waals surface area contributed by atoms with Crippen molar-refractivity contribution < 1.29 is 9.57 Å². The van der Waals surface area contributed by atoms with E-state index in [-0.39, 0.29) is 0 Å². The normalized spacial score (nSPS) is 11.1. The summed E-state index contributed by atoms with van der Waals surface area (Å²) >= 11 is 0. The van der Waals surface area contributed by atoms with Gasteiger partial charge >= 0.3 is 0 Å². The van der Waals surface area contributed by atoms with Gasteiger partial charge in [-0.15, -0.1) is 0 Å².